The van der Waals surface area contributed by atoms with Gasteiger partial charge in [-0.25, -0.2) is 18.5 Å². The lowest BCUT2D eigenvalue weighted by molar-refractivity contribution is -0.142. The zero-order chi connectivity index (χ0) is 13.6. The van der Waals surface area contributed by atoms with Gasteiger partial charge in [0.05, 0.1) is 24.5 Å². The van der Waals surface area contributed by atoms with Crippen molar-refractivity contribution in [2.45, 2.75) is 13.3 Å². The molecule has 0 spiro atoms. The monoisotopic (exact) mass is 293 g/mol. The van der Waals surface area contributed by atoms with Gasteiger partial charge in [-0.2, -0.15) is 0 Å². The second-order valence-electron chi connectivity index (χ2n) is 3.42. The van der Waals surface area contributed by atoms with Gasteiger partial charge in [0.1, 0.15) is 0 Å². The van der Waals surface area contributed by atoms with Gasteiger partial charge >= 0.3 is 5.97 Å². The van der Waals surface area contributed by atoms with E-state index in [0.29, 0.717) is 17.4 Å². The topological polar surface area (TPSA) is 111 Å². The summed E-state index contributed by atoms with van der Waals surface area (Å²) in [6.07, 6.45) is 0.112. The zero-order valence-electron chi connectivity index (χ0n) is 9.88. The fourth-order valence-electron chi connectivity index (χ4n) is 1.13. The van der Waals surface area contributed by atoms with E-state index in [0.717, 1.165) is 0 Å². The third-order valence-electron chi connectivity index (χ3n) is 1.85. The molecule has 0 aliphatic carbocycles. The van der Waals surface area contributed by atoms with Gasteiger partial charge in [-0.1, -0.05) is 0 Å². The molecule has 0 bridgehead atoms. The number of carbonyl (C=O) groups excluding carboxylic acids is 1. The summed E-state index contributed by atoms with van der Waals surface area (Å²) in [4.78, 5) is 15.3. The maximum absolute atomic E-state index is 11.2. The van der Waals surface area contributed by atoms with Crippen molar-refractivity contribution in [1.29, 1.82) is 0 Å². The van der Waals surface area contributed by atoms with Crippen LogP contribution in [0.2, 0.25) is 0 Å². The highest BCUT2D eigenvalue weighted by atomic mass is 32.2. The first-order chi connectivity index (χ1) is 8.40. The number of ether oxygens (including phenoxy) is 1. The van der Waals surface area contributed by atoms with Crippen molar-refractivity contribution in [3.8, 4) is 0 Å². The van der Waals surface area contributed by atoms with Crippen LogP contribution in [0.4, 0.5) is 5.13 Å². The van der Waals surface area contributed by atoms with E-state index in [-0.39, 0.29) is 24.7 Å². The molecular weight excluding hydrogens is 278 g/mol. The Bertz CT molecular complexity index is 498. The Kier molecular flexibility index (Phi) is 5.51. The van der Waals surface area contributed by atoms with Gasteiger partial charge in [0.15, 0.2) is 5.13 Å². The average Bonchev–Trinajstić information content (AvgIpc) is 2.64. The minimum atomic E-state index is -3.47. The van der Waals surface area contributed by atoms with E-state index in [1.54, 1.807) is 12.3 Å². The Labute approximate surface area is 109 Å². The quantitative estimate of drug-likeness (QED) is 0.682. The molecular formula is C9H15N3O4S2. The largest absolute Gasteiger partial charge is 0.466 e. The van der Waals surface area contributed by atoms with Gasteiger partial charge in [-0.15, -0.1) is 11.3 Å². The van der Waals surface area contributed by atoms with Crippen LogP contribution in [-0.4, -0.2) is 38.3 Å². The van der Waals surface area contributed by atoms with E-state index in [9.17, 15) is 13.2 Å². The van der Waals surface area contributed by atoms with Crippen LogP contribution < -0.4 is 10.5 Å². The summed E-state index contributed by atoms with van der Waals surface area (Å²) in [6.45, 7) is 2.26. The first-order valence-corrected chi connectivity index (χ1v) is 7.84. The molecule has 0 unspecified atom stereocenters. The number of sulfonamides is 1. The van der Waals surface area contributed by atoms with Gasteiger partial charge < -0.3 is 10.1 Å². The van der Waals surface area contributed by atoms with Gasteiger partial charge in [-0.05, 0) is 6.92 Å². The number of nitrogens with two attached hydrogens (primary N) is 1. The third kappa shape index (κ3) is 5.94. The summed E-state index contributed by atoms with van der Waals surface area (Å²) < 4.78 is 26.2. The van der Waals surface area contributed by atoms with Crippen molar-refractivity contribution in [2.24, 2.45) is 5.14 Å². The first-order valence-electron chi connectivity index (χ1n) is 5.25. The second-order valence-corrected chi connectivity index (χ2v) is 6.01. The number of anilines is 1. The van der Waals surface area contributed by atoms with Crippen LogP contribution in [0.1, 0.15) is 12.6 Å². The summed E-state index contributed by atoms with van der Waals surface area (Å²) in [6, 6.07) is 0. The minimum absolute atomic E-state index is 0.112. The SMILES string of the molecule is CCOC(=O)Cc1csc(NCCS(N)(=O)=O)n1. The van der Waals surface area contributed by atoms with Crippen LogP contribution >= 0.6 is 11.3 Å². The molecule has 1 aromatic rings. The van der Waals surface area contributed by atoms with Gasteiger partial charge in [0, 0.05) is 11.9 Å². The molecule has 0 saturated heterocycles. The Balaban J connectivity index is 2.41. The molecule has 0 atom stereocenters. The lowest BCUT2D eigenvalue weighted by Crippen LogP contribution is -2.22. The fourth-order valence-corrected chi connectivity index (χ4v) is 2.26. The van der Waals surface area contributed by atoms with Crippen molar-refractivity contribution >= 4 is 32.5 Å². The molecule has 0 amide bonds. The molecule has 0 aromatic carbocycles. The third-order valence-corrected chi connectivity index (χ3v) is 3.47. The number of nitrogens with one attached hydrogen (secondary N) is 1. The Morgan fingerprint density at radius 1 is 1.61 bits per heavy atom. The van der Waals surface area contributed by atoms with Crippen LogP contribution in [0, 0.1) is 0 Å². The highest BCUT2D eigenvalue weighted by Gasteiger charge is 2.08. The normalized spacial score (nSPS) is 11.2. The van der Waals surface area contributed by atoms with E-state index in [1.165, 1.54) is 11.3 Å². The molecule has 1 rings (SSSR count). The highest BCUT2D eigenvalue weighted by Crippen LogP contribution is 2.15. The summed E-state index contributed by atoms with van der Waals surface area (Å²) in [5, 5.41) is 9.95. The Hall–Kier alpha value is -1.19. The molecule has 18 heavy (non-hydrogen) atoms. The van der Waals surface area contributed by atoms with E-state index >= 15 is 0 Å². The van der Waals surface area contributed by atoms with E-state index in [1.807, 2.05) is 0 Å². The standard InChI is InChI=1S/C9H15N3O4S2/c1-2-16-8(13)5-7-6-17-9(12-7)11-3-4-18(10,14)15/h6H,2-5H2,1H3,(H,11,12)(H2,10,14,15). The number of primary sulfonamides is 1. The summed E-state index contributed by atoms with van der Waals surface area (Å²) in [5.74, 6) is -0.501. The highest BCUT2D eigenvalue weighted by molar-refractivity contribution is 7.89. The molecule has 0 aliphatic rings. The summed E-state index contributed by atoms with van der Waals surface area (Å²) in [5.41, 5.74) is 0.594. The molecule has 1 aromatic heterocycles. The molecule has 102 valence electrons. The van der Waals surface area contributed by atoms with Crippen molar-refractivity contribution in [3.63, 3.8) is 0 Å². The molecule has 0 radical (unpaired) electrons. The second kappa shape index (κ2) is 6.66. The van der Waals surface area contributed by atoms with Gasteiger partial charge in [-0.3, -0.25) is 4.79 Å². The number of esters is 1. The first kappa shape index (κ1) is 14.9. The lowest BCUT2D eigenvalue weighted by atomic mass is 10.3. The van der Waals surface area contributed by atoms with Crippen LogP contribution in [0.5, 0.6) is 0 Å². The maximum Gasteiger partial charge on any atom is 0.311 e. The molecule has 0 aliphatic heterocycles. The van der Waals surface area contributed by atoms with Crippen molar-refractivity contribution in [3.05, 3.63) is 11.1 Å². The number of thiazole rings is 1. The predicted molar refractivity (Wildman–Crippen MR) is 68.9 cm³/mol. The molecule has 9 heteroatoms. The fraction of sp³-hybridized carbons (Fsp3) is 0.556. The molecule has 0 fully saturated rings. The molecule has 0 saturated carbocycles. The molecule has 3 N–H and O–H groups in total. The maximum atomic E-state index is 11.2. The number of aromatic nitrogens is 1. The van der Waals surface area contributed by atoms with Crippen LogP contribution in [0.3, 0.4) is 0 Å². The number of rotatable bonds is 7. The van der Waals surface area contributed by atoms with E-state index < -0.39 is 10.0 Å². The number of hydrogen-bond acceptors (Lipinski definition) is 7. The van der Waals surface area contributed by atoms with Crippen molar-refractivity contribution in [2.75, 3.05) is 24.2 Å². The van der Waals surface area contributed by atoms with Crippen LogP contribution in [0.15, 0.2) is 5.38 Å². The zero-order valence-corrected chi connectivity index (χ0v) is 11.5. The number of carbonyl (C=O) groups is 1. The lowest BCUT2D eigenvalue weighted by Gasteiger charge is -2.00. The summed E-state index contributed by atoms with van der Waals surface area (Å²) in [7, 11) is -3.47. The van der Waals surface area contributed by atoms with Crippen LogP contribution in [0.25, 0.3) is 0 Å². The van der Waals surface area contributed by atoms with Gasteiger partial charge in [0.25, 0.3) is 0 Å². The minimum Gasteiger partial charge on any atom is -0.466 e. The smallest absolute Gasteiger partial charge is 0.311 e. The van der Waals surface area contributed by atoms with Gasteiger partial charge in [0.2, 0.25) is 10.0 Å². The number of hydrogen-bond donors (Lipinski definition) is 2. The van der Waals surface area contributed by atoms with Crippen LogP contribution in [-0.2, 0) is 26.0 Å². The molecule has 1 heterocycles. The Morgan fingerprint density at radius 2 is 2.33 bits per heavy atom. The average molecular weight is 293 g/mol. The Morgan fingerprint density at radius 3 is 2.94 bits per heavy atom. The molecule has 7 nitrogen and oxygen atoms in total. The van der Waals surface area contributed by atoms with E-state index in [4.69, 9.17) is 9.88 Å². The predicted octanol–water partition coefficient (Wildman–Crippen LogP) is -0.0509. The number of nitrogens with zero attached hydrogens (tertiary/aromatic N) is 1. The van der Waals surface area contributed by atoms with Crippen molar-refractivity contribution in [1.82, 2.24) is 4.98 Å². The summed E-state index contributed by atoms with van der Waals surface area (Å²) >= 11 is 1.29. The van der Waals surface area contributed by atoms with Crippen molar-refractivity contribution < 1.29 is 17.9 Å². The van der Waals surface area contributed by atoms with E-state index in [2.05, 4.69) is 10.3 Å².